The second-order valence-electron chi connectivity index (χ2n) is 3.51. The van der Waals surface area contributed by atoms with Crippen molar-refractivity contribution in [2.75, 3.05) is 0 Å². The van der Waals surface area contributed by atoms with E-state index >= 15 is 0 Å². The molecule has 0 aliphatic rings. The fourth-order valence-corrected chi connectivity index (χ4v) is 1.50. The highest BCUT2D eigenvalue weighted by molar-refractivity contribution is 6.30. The molecule has 1 N–H and O–H groups in total. The molecule has 0 atom stereocenters. The summed E-state index contributed by atoms with van der Waals surface area (Å²) in [5.74, 6) is 5.84. The topological polar surface area (TPSA) is 59.4 Å². The third-order valence-corrected chi connectivity index (χ3v) is 2.34. The maximum atomic E-state index is 10.3. The molecule has 2 rings (SSSR count). The van der Waals surface area contributed by atoms with Gasteiger partial charge in [0.15, 0.2) is 0 Å². The summed E-state index contributed by atoms with van der Waals surface area (Å²) in [6.45, 7) is 0. The van der Waals surface area contributed by atoms with Gasteiger partial charge in [-0.15, -0.1) is 0 Å². The van der Waals surface area contributed by atoms with Crippen LogP contribution in [0.15, 0.2) is 42.6 Å². The largest absolute Gasteiger partial charge is 0.512 e. The Kier molecular flexibility index (Phi) is 4.01. The lowest BCUT2D eigenvalue weighted by atomic mass is 10.2. The standard InChI is InChI=1S/C14H8ClNO3/c15-12-3-1-2-10(8-12)4-5-11-6-7-13(16-9-11)19-14(17)18/h1-3,6-9H,(H,17,18). The van der Waals surface area contributed by atoms with E-state index in [1.54, 1.807) is 18.2 Å². The molecule has 0 unspecified atom stereocenters. The van der Waals surface area contributed by atoms with E-state index in [2.05, 4.69) is 21.6 Å². The van der Waals surface area contributed by atoms with Crippen molar-refractivity contribution in [3.05, 3.63) is 58.7 Å². The fourth-order valence-electron chi connectivity index (χ4n) is 1.31. The Hall–Kier alpha value is -2.51. The molecule has 4 nitrogen and oxygen atoms in total. The summed E-state index contributed by atoms with van der Waals surface area (Å²) >= 11 is 5.84. The molecule has 19 heavy (non-hydrogen) atoms. The van der Waals surface area contributed by atoms with Crippen molar-refractivity contribution in [2.24, 2.45) is 0 Å². The van der Waals surface area contributed by atoms with E-state index in [1.165, 1.54) is 12.3 Å². The maximum absolute atomic E-state index is 10.3. The van der Waals surface area contributed by atoms with Crippen molar-refractivity contribution in [1.29, 1.82) is 0 Å². The van der Waals surface area contributed by atoms with E-state index in [0.717, 1.165) is 5.56 Å². The van der Waals surface area contributed by atoms with E-state index < -0.39 is 6.16 Å². The number of carbonyl (C=O) groups is 1. The number of halogens is 1. The lowest BCUT2D eigenvalue weighted by molar-refractivity contribution is 0.142. The van der Waals surface area contributed by atoms with Gasteiger partial charge < -0.3 is 9.84 Å². The average molecular weight is 274 g/mol. The van der Waals surface area contributed by atoms with Crippen LogP contribution in [0.2, 0.25) is 5.02 Å². The zero-order chi connectivity index (χ0) is 13.7. The second-order valence-corrected chi connectivity index (χ2v) is 3.95. The SMILES string of the molecule is O=C(O)Oc1ccc(C#Cc2cccc(Cl)c2)cn1. The first kappa shape index (κ1) is 12.9. The van der Waals surface area contributed by atoms with Crippen molar-refractivity contribution >= 4 is 17.8 Å². The zero-order valence-corrected chi connectivity index (χ0v) is 10.4. The zero-order valence-electron chi connectivity index (χ0n) is 9.63. The summed E-state index contributed by atoms with van der Waals surface area (Å²) in [5, 5.41) is 9.03. The van der Waals surface area contributed by atoms with Gasteiger partial charge in [0.25, 0.3) is 0 Å². The predicted molar refractivity (Wildman–Crippen MR) is 70.3 cm³/mol. The second kappa shape index (κ2) is 5.89. The van der Waals surface area contributed by atoms with Crippen LogP contribution in [0.5, 0.6) is 5.88 Å². The van der Waals surface area contributed by atoms with Crippen LogP contribution in [0.1, 0.15) is 11.1 Å². The molecule has 2 aromatic rings. The number of carboxylic acid groups (broad SMARTS) is 1. The van der Waals surface area contributed by atoms with Gasteiger partial charge >= 0.3 is 6.16 Å². The Bertz CT molecular complexity index is 656. The number of hydrogen-bond donors (Lipinski definition) is 1. The van der Waals surface area contributed by atoms with Crippen molar-refractivity contribution in [3.63, 3.8) is 0 Å². The summed E-state index contributed by atoms with van der Waals surface area (Å²) in [6.07, 6.45) is 0.0424. The molecule has 0 spiro atoms. The third-order valence-electron chi connectivity index (χ3n) is 2.10. The number of aromatic nitrogens is 1. The lowest BCUT2D eigenvalue weighted by Gasteiger charge is -1.97. The molecule has 1 aromatic heterocycles. The molecule has 0 bridgehead atoms. The van der Waals surface area contributed by atoms with Gasteiger partial charge in [0, 0.05) is 28.4 Å². The van der Waals surface area contributed by atoms with Crippen molar-refractivity contribution in [1.82, 2.24) is 4.98 Å². The van der Waals surface area contributed by atoms with Gasteiger partial charge in [0.05, 0.1) is 0 Å². The number of rotatable bonds is 1. The summed E-state index contributed by atoms with van der Waals surface area (Å²) in [4.78, 5) is 14.1. The highest BCUT2D eigenvalue weighted by atomic mass is 35.5. The summed E-state index contributed by atoms with van der Waals surface area (Å²) in [5.41, 5.74) is 1.44. The smallest absolute Gasteiger partial charge is 0.449 e. The monoisotopic (exact) mass is 273 g/mol. The first-order valence-corrected chi connectivity index (χ1v) is 5.66. The predicted octanol–water partition coefficient (Wildman–Crippen LogP) is 3.19. The van der Waals surface area contributed by atoms with E-state index in [9.17, 15) is 4.79 Å². The summed E-state index contributed by atoms with van der Waals surface area (Å²) < 4.78 is 4.39. The van der Waals surface area contributed by atoms with Crippen LogP contribution in [0.25, 0.3) is 0 Å². The number of ether oxygens (including phenoxy) is 1. The van der Waals surface area contributed by atoms with E-state index in [0.29, 0.717) is 10.6 Å². The molecule has 1 heterocycles. The molecule has 0 amide bonds. The molecule has 1 aromatic carbocycles. The Balaban J connectivity index is 2.14. The highest BCUT2D eigenvalue weighted by Crippen LogP contribution is 2.10. The van der Waals surface area contributed by atoms with Gasteiger partial charge in [-0.3, -0.25) is 0 Å². The molecule has 0 aliphatic heterocycles. The Morgan fingerprint density at radius 2 is 2.00 bits per heavy atom. The number of nitrogens with zero attached hydrogens (tertiary/aromatic N) is 1. The number of pyridine rings is 1. The van der Waals surface area contributed by atoms with E-state index in [4.69, 9.17) is 16.7 Å². The van der Waals surface area contributed by atoms with Gasteiger partial charge in [0.2, 0.25) is 5.88 Å². The van der Waals surface area contributed by atoms with Gasteiger partial charge in [-0.05, 0) is 24.3 Å². The molecule has 0 radical (unpaired) electrons. The summed E-state index contributed by atoms with van der Waals surface area (Å²) in [7, 11) is 0. The first-order chi connectivity index (χ1) is 9.13. The maximum Gasteiger partial charge on any atom is 0.512 e. The average Bonchev–Trinajstić information content (AvgIpc) is 2.37. The quantitative estimate of drug-likeness (QED) is 0.640. The molecule has 5 heteroatoms. The van der Waals surface area contributed by atoms with Gasteiger partial charge in [-0.2, -0.15) is 0 Å². The van der Waals surface area contributed by atoms with Gasteiger partial charge in [-0.25, -0.2) is 9.78 Å². The van der Waals surface area contributed by atoms with Crippen LogP contribution in [-0.4, -0.2) is 16.2 Å². The Morgan fingerprint density at radius 3 is 2.63 bits per heavy atom. The van der Waals surface area contributed by atoms with Crippen LogP contribution in [-0.2, 0) is 0 Å². The van der Waals surface area contributed by atoms with Crippen LogP contribution in [0.4, 0.5) is 4.79 Å². The minimum absolute atomic E-state index is 0.0146. The van der Waals surface area contributed by atoms with Crippen LogP contribution in [0.3, 0.4) is 0 Å². The number of benzene rings is 1. The van der Waals surface area contributed by atoms with Crippen LogP contribution >= 0.6 is 11.6 Å². The molecular formula is C14H8ClNO3. The van der Waals surface area contributed by atoms with Crippen LogP contribution < -0.4 is 4.74 Å². The first-order valence-electron chi connectivity index (χ1n) is 5.28. The molecule has 0 aliphatic carbocycles. The normalized spacial score (nSPS) is 9.32. The fraction of sp³-hybridized carbons (Fsp3) is 0. The van der Waals surface area contributed by atoms with Crippen molar-refractivity contribution < 1.29 is 14.6 Å². The molecule has 94 valence electrons. The minimum Gasteiger partial charge on any atom is -0.449 e. The third kappa shape index (κ3) is 4.02. The highest BCUT2D eigenvalue weighted by Gasteiger charge is 2.00. The summed E-state index contributed by atoms with van der Waals surface area (Å²) in [6, 6.07) is 10.2. The Labute approximate surface area is 114 Å². The molecule has 0 fully saturated rings. The molecule has 0 saturated carbocycles. The van der Waals surface area contributed by atoms with Gasteiger partial charge in [-0.1, -0.05) is 29.5 Å². The number of hydrogen-bond acceptors (Lipinski definition) is 3. The van der Waals surface area contributed by atoms with Crippen molar-refractivity contribution in [3.8, 4) is 17.7 Å². The molecular weight excluding hydrogens is 266 g/mol. The lowest BCUT2D eigenvalue weighted by Crippen LogP contribution is -2.04. The van der Waals surface area contributed by atoms with Crippen molar-refractivity contribution in [2.45, 2.75) is 0 Å². The minimum atomic E-state index is -1.40. The Morgan fingerprint density at radius 1 is 1.21 bits per heavy atom. The van der Waals surface area contributed by atoms with Crippen LogP contribution in [0, 0.1) is 11.8 Å². The van der Waals surface area contributed by atoms with E-state index in [-0.39, 0.29) is 5.88 Å². The van der Waals surface area contributed by atoms with E-state index in [1.807, 2.05) is 12.1 Å². The van der Waals surface area contributed by atoms with Gasteiger partial charge in [0.1, 0.15) is 0 Å². The molecule has 0 saturated heterocycles.